The maximum Gasteiger partial charge on any atom is 0.173 e. The van der Waals surface area contributed by atoms with E-state index in [-0.39, 0.29) is 0 Å². The lowest BCUT2D eigenvalue weighted by Crippen LogP contribution is -2.05. The lowest BCUT2D eigenvalue weighted by molar-refractivity contribution is 0.0963. The summed E-state index contributed by atoms with van der Waals surface area (Å²) in [5.41, 5.74) is 0. The number of fused-ring (bicyclic) bond motifs is 1. The minimum absolute atomic E-state index is 0.305. The molecule has 0 unspecified atom stereocenters. The summed E-state index contributed by atoms with van der Waals surface area (Å²) >= 11 is 1.62. The summed E-state index contributed by atoms with van der Waals surface area (Å²) in [5.74, 6) is 0.840. The maximum atomic E-state index is 12.2. The summed E-state index contributed by atoms with van der Waals surface area (Å²) in [6, 6.07) is 10.2. The van der Waals surface area contributed by atoms with Gasteiger partial charge in [0.2, 0.25) is 0 Å². The Morgan fingerprint density at radius 2 is 1.94 bits per heavy atom. The van der Waals surface area contributed by atoms with Crippen LogP contribution in [0.1, 0.15) is 42.8 Å². The molecule has 1 heterocycles. The van der Waals surface area contributed by atoms with E-state index in [0.29, 0.717) is 18.1 Å². The van der Waals surface area contributed by atoms with Gasteiger partial charge in [-0.15, -0.1) is 11.3 Å². The van der Waals surface area contributed by atoms with Crippen LogP contribution in [0.2, 0.25) is 0 Å². The topological polar surface area (TPSA) is 17.1 Å². The molecule has 1 nitrogen and oxygen atoms in total. The van der Waals surface area contributed by atoms with E-state index in [2.05, 4.69) is 26.0 Å². The smallest absolute Gasteiger partial charge is 0.173 e. The van der Waals surface area contributed by atoms with Crippen molar-refractivity contribution in [3.63, 3.8) is 0 Å². The van der Waals surface area contributed by atoms with Crippen LogP contribution >= 0.6 is 11.3 Å². The zero-order valence-electron chi connectivity index (χ0n) is 10.4. The summed E-state index contributed by atoms with van der Waals surface area (Å²) in [6.45, 7) is 4.32. The number of rotatable bonds is 5. The van der Waals surface area contributed by atoms with Gasteiger partial charge in [0.1, 0.15) is 0 Å². The number of carbonyl (C=O) groups is 1. The summed E-state index contributed by atoms with van der Waals surface area (Å²) in [4.78, 5) is 13.1. The van der Waals surface area contributed by atoms with Gasteiger partial charge in [-0.05, 0) is 23.4 Å². The average Bonchev–Trinajstić information content (AvgIpc) is 2.79. The summed E-state index contributed by atoms with van der Waals surface area (Å²) < 4.78 is 1.21. The van der Waals surface area contributed by atoms with Gasteiger partial charge in [-0.25, -0.2) is 0 Å². The Morgan fingerprint density at radius 3 is 2.59 bits per heavy atom. The van der Waals surface area contributed by atoms with Crippen LogP contribution < -0.4 is 0 Å². The number of ketones is 1. The van der Waals surface area contributed by atoms with Crippen LogP contribution in [-0.4, -0.2) is 5.78 Å². The summed E-state index contributed by atoms with van der Waals surface area (Å²) in [6.07, 6.45) is 2.88. The molecule has 0 bridgehead atoms. The second-order valence-corrected chi connectivity index (χ2v) is 5.54. The number of benzene rings is 1. The fourth-order valence-electron chi connectivity index (χ4n) is 2.06. The van der Waals surface area contributed by atoms with Gasteiger partial charge >= 0.3 is 0 Å². The molecule has 1 aromatic heterocycles. The average molecular weight is 246 g/mol. The van der Waals surface area contributed by atoms with E-state index in [4.69, 9.17) is 0 Å². The van der Waals surface area contributed by atoms with Crippen molar-refractivity contribution in [3.8, 4) is 0 Å². The highest BCUT2D eigenvalue weighted by atomic mass is 32.1. The second kappa shape index (κ2) is 5.46. The van der Waals surface area contributed by atoms with Crippen LogP contribution in [0.4, 0.5) is 0 Å². The lowest BCUT2D eigenvalue weighted by atomic mass is 9.96. The Balaban J connectivity index is 2.19. The van der Waals surface area contributed by atoms with Crippen LogP contribution in [0.3, 0.4) is 0 Å². The van der Waals surface area contributed by atoms with Gasteiger partial charge in [-0.3, -0.25) is 4.79 Å². The first-order valence-electron chi connectivity index (χ1n) is 6.26. The number of carbonyl (C=O) groups excluding carboxylic acids is 1. The molecule has 17 heavy (non-hydrogen) atoms. The van der Waals surface area contributed by atoms with Crippen LogP contribution in [0, 0.1) is 5.92 Å². The van der Waals surface area contributed by atoms with Crippen molar-refractivity contribution < 1.29 is 4.79 Å². The summed E-state index contributed by atoms with van der Waals surface area (Å²) in [5, 5.41) is 1.19. The molecule has 2 rings (SSSR count). The largest absolute Gasteiger partial charge is 0.293 e. The quantitative estimate of drug-likeness (QED) is 0.685. The van der Waals surface area contributed by atoms with Gasteiger partial charge in [0.05, 0.1) is 4.88 Å². The molecule has 90 valence electrons. The van der Waals surface area contributed by atoms with Crippen molar-refractivity contribution in [3.05, 3.63) is 35.2 Å². The fraction of sp³-hybridized carbons (Fsp3) is 0.400. The van der Waals surface area contributed by atoms with Crippen molar-refractivity contribution in [2.75, 3.05) is 0 Å². The SMILES string of the molecule is CCC(CC)CC(=O)c1cc2ccccc2s1. The lowest BCUT2D eigenvalue weighted by Gasteiger charge is -2.09. The first kappa shape index (κ1) is 12.3. The van der Waals surface area contributed by atoms with Crippen molar-refractivity contribution in [2.45, 2.75) is 33.1 Å². The first-order chi connectivity index (χ1) is 8.24. The van der Waals surface area contributed by atoms with E-state index >= 15 is 0 Å². The molecule has 0 saturated carbocycles. The highest BCUT2D eigenvalue weighted by molar-refractivity contribution is 7.20. The molecule has 0 N–H and O–H groups in total. The van der Waals surface area contributed by atoms with E-state index < -0.39 is 0 Å². The standard InChI is InChI=1S/C15H18OS/c1-3-11(4-2)9-13(16)15-10-12-7-5-6-8-14(12)17-15/h5-8,10-11H,3-4,9H2,1-2H3. The third-order valence-corrected chi connectivity index (χ3v) is 4.49. The molecule has 2 heteroatoms. The van der Waals surface area contributed by atoms with Crippen molar-refractivity contribution in [2.24, 2.45) is 5.92 Å². The number of thiophene rings is 1. The van der Waals surface area contributed by atoms with Crippen molar-refractivity contribution in [1.82, 2.24) is 0 Å². The molecular formula is C15H18OS. The first-order valence-corrected chi connectivity index (χ1v) is 7.08. The zero-order chi connectivity index (χ0) is 12.3. The van der Waals surface area contributed by atoms with E-state index in [9.17, 15) is 4.79 Å². The van der Waals surface area contributed by atoms with Crippen LogP contribution in [-0.2, 0) is 0 Å². The van der Waals surface area contributed by atoms with Gasteiger partial charge in [-0.2, -0.15) is 0 Å². The van der Waals surface area contributed by atoms with Crippen molar-refractivity contribution >= 4 is 27.2 Å². The Hall–Kier alpha value is -1.15. The van der Waals surface area contributed by atoms with E-state index in [1.165, 1.54) is 10.1 Å². The third kappa shape index (κ3) is 2.75. The van der Waals surface area contributed by atoms with Crippen LogP contribution in [0.5, 0.6) is 0 Å². The molecule has 0 amide bonds. The number of hydrogen-bond donors (Lipinski definition) is 0. The monoisotopic (exact) mass is 246 g/mol. The maximum absolute atomic E-state index is 12.2. The minimum Gasteiger partial charge on any atom is -0.293 e. The molecule has 0 saturated heterocycles. The Bertz CT molecular complexity index is 475. The van der Waals surface area contributed by atoms with Gasteiger partial charge < -0.3 is 0 Å². The molecule has 2 aromatic rings. The second-order valence-electron chi connectivity index (χ2n) is 4.46. The van der Waals surface area contributed by atoms with Crippen molar-refractivity contribution in [1.29, 1.82) is 0 Å². The van der Waals surface area contributed by atoms with Crippen LogP contribution in [0.25, 0.3) is 10.1 Å². The Kier molecular flexibility index (Phi) is 3.95. The molecule has 0 radical (unpaired) electrons. The van der Waals surface area contributed by atoms with Crippen LogP contribution in [0.15, 0.2) is 30.3 Å². The predicted octanol–water partition coefficient (Wildman–Crippen LogP) is 4.91. The molecule has 0 aliphatic heterocycles. The van der Waals surface area contributed by atoms with E-state index in [0.717, 1.165) is 17.7 Å². The Labute approximate surface area is 106 Å². The highest BCUT2D eigenvalue weighted by Crippen LogP contribution is 2.27. The zero-order valence-corrected chi connectivity index (χ0v) is 11.2. The van der Waals surface area contributed by atoms with Gasteiger partial charge in [0.15, 0.2) is 5.78 Å². The van der Waals surface area contributed by atoms with E-state index in [1.807, 2.05) is 18.2 Å². The Morgan fingerprint density at radius 1 is 1.24 bits per heavy atom. The molecule has 0 fully saturated rings. The fourth-order valence-corrected chi connectivity index (χ4v) is 3.07. The van der Waals surface area contributed by atoms with E-state index in [1.54, 1.807) is 11.3 Å². The molecular weight excluding hydrogens is 228 g/mol. The number of Topliss-reactive ketones (excluding diaryl/α,β-unsaturated/α-hetero) is 1. The minimum atomic E-state index is 0.305. The normalized spacial score (nSPS) is 11.2. The molecule has 0 atom stereocenters. The third-order valence-electron chi connectivity index (χ3n) is 3.33. The molecule has 0 aliphatic carbocycles. The summed E-state index contributed by atoms with van der Waals surface area (Å²) in [7, 11) is 0. The van der Waals surface area contributed by atoms with Gasteiger partial charge in [-0.1, -0.05) is 44.9 Å². The number of hydrogen-bond acceptors (Lipinski definition) is 2. The van der Waals surface area contributed by atoms with Gasteiger partial charge in [0, 0.05) is 11.1 Å². The molecule has 0 spiro atoms. The highest BCUT2D eigenvalue weighted by Gasteiger charge is 2.14. The molecule has 0 aliphatic rings. The van der Waals surface area contributed by atoms with Gasteiger partial charge in [0.25, 0.3) is 0 Å². The predicted molar refractivity (Wildman–Crippen MR) is 74.8 cm³/mol. The molecule has 1 aromatic carbocycles.